The number of carbonyl (C=O) groups excluding carboxylic acids is 1. The molecule has 0 radical (unpaired) electrons. The first kappa shape index (κ1) is 12.0. The van der Waals surface area contributed by atoms with Crippen molar-refractivity contribution in [1.29, 1.82) is 0 Å². The average molecular weight is 284 g/mol. The van der Waals surface area contributed by atoms with Crippen molar-refractivity contribution in [2.24, 2.45) is 5.92 Å². The Morgan fingerprint density at radius 2 is 2.29 bits per heavy atom. The number of hydrogen-bond donors (Lipinski definition) is 1. The molecule has 1 N–H and O–H groups in total. The third-order valence-electron chi connectivity index (χ3n) is 2.25. The molecule has 0 saturated carbocycles. The highest BCUT2D eigenvalue weighted by Crippen LogP contribution is 2.17. The Hall–Kier alpha value is -0.100. The van der Waals surface area contributed by atoms with E-state index in [1.54, 1.807) is 6.92 Å². The largest absolute Gasteiger partial charge is 0.355 e. The molecule has 4 nitrogen and oxygen atoms in total. The molecular formula is C8H14BrNO3S. The van der Waals surface area contributed by atoms with Gasteiger partial charge in [-0.1, -0.05) is 15.9 Å². The van der Waals surface area contributed by atoms with Gasteiger partial charge in [0, 0.05) is 6.54 Å². The van der Waals surface area contributed by atoms with Gasteiger partial charge in [-0.2, -0.15) is 0 Å². The third-order valence-corrected chi connectivity index (χ3v) is 4.51. The molecule has 0 aromatic heterocycles. The van der Waals surface area contributed by atoms with Crippen LogP contribution in [0.15, 0.2) is 0 Å². The standard InChI is InChI=1S/C8H14BrNO3S/c1-6(9)8(11)10-4-7-2-3-14(12,13)5-7/h6-7H,2-5H2,1H3,(H,10,11). The van der Waals surface area contributed by atoms with E-state index in [9.17, 15) is 13.2 Å². The summed E-state index contributed by atoms with van der Waals surface area (Å²) < 4.78 is 22.2. The van der Waals surface area contributed by atoms with Crippen LogP contribution in [0.2, 0.25) is 0 Å². The Kier molecular flexibility index (Phi) is 3.94. The van der Waals surface area contributed by atoms with Crippen LogP contribution >= 0.6 is 15.9 Å². The monoisotopic (exact) mass is 283 g/mol. The highest BCUT2D eigenvalue weighted by atomic mass is 79.9. The zero-order chi connectivity index (χ0) is 10.8. The van der Waals surface area contributed by atoms with Gasteiger partial charge in [0.1, 0.15) is 0 Å². The molecular weight excluding hydrogens is 270 g/mol. The number of nitrogens with one attached hydrogen (secondary N) is 1. The fourth-order valence-corrected chi connectivity index (χ4v) is 3.44. The summed E-state index contributed by atoms with van der Waals surface area (Å²) in [7, 11) is -2.83. The van der Waals surface area contributed by atoms with Gasteiger partial charge in [-0.3, -0.25) is 4.79 Å². The van der Waals surface area contributed by atoms with Gasteiger partial charge in [-0.15, -0.1) is 0 Å². The quantitative estimate of drug-likeness (QED) is 0.759. The summed E-state index contributed by atoms with van der Waals surface area (Å²) in [6, 6.07) is 0. The molecule has 14 heavy (non-hydrogen) atoms. The van der Waals surface area contributed by atoms with Crippen LogP contribution in [-0.4, -0.2) is 37.2 Å². The minimum absolute atomic E-state index is 0.0886. The minimum Gasteiger partial charge on any atom is -0.355 e. The lowest BCUT2D eigenvalue weighted by atomic mass is 10.1. The van der Waals surface area contributed by atoms with E-state index in [0.29, 0.717) is 13.0 Å². The van der Waals surface area contributed by atoms with Gasteiger partial charge in [0.2, 0.25) is 5.91 Å². The second-order valence-corrected chi connectivity index (χ2v) is 7.23. The Bertz CT molecular complexity index is 313. The second kappa shape index (κ2) is 4.61. The van der Waals surface area contributed by atoms with Gasteiger partial charge < -0.3 is 5.32 Å². The number of amides is 1. The number of sulfone groups is 1. The van der Waals surface area contributed by atoms with E-state index in [0.717, 1.165) is 0 Å². The molecule has 1 saturated heterocycles. The molecule has 1 fully saturated rings. The van der Waals surface area contributed by atoms with E-state index in [4.69, 9.17) is 0 Å². The van der Waals surface area contributed by atoms with Gasteiger partial charge in [-0.05, 0) is 19.3 Å². The molecule has 2 unspecified atom stereocenters. The number of rotatable bonds is 3. The third kappa shape index (κ3) is 3.57. The van der Waals surface area contributed by atoms with Crippen molar-refractivity contribution in [1.82, 2.24) is 5.32 Å². The average Bonchev–Trinajstić information content (AvgIpc) is 2.41. The van der Waals surface area contributed by atoms with Crippen LogP contribution in [0.5, 0.6) is 0 Å². The molecule has 0 bridgehead atoms. The molecule has 0 aliphatic carbocycles. The Labute approximate surface area is 92.5 Å². The van der Waals surface area contributed by atoms with E-state index in [1.165, 1.54) is 0 Å². The number of halogens is 1. The fourth-order valence-electron chi connectivity index (χ4n) is 1.42. The smallest absolute Gasteiger partial charge is 0.233 e. The highest BCUT2D eigenvalue weighted by Gasteiger charge is 2.28. The van der Waals surface area contributed by atoms with E-state index in [2.05, 4.69) is 21.2 Å². The topological polar surface area (TPSA) is 63.2 Å². The first-order valence-electron chi connectivity index (χ1n) is 4.53. The second-order valence-electron chi connectivity index (χ2n) is 3.63. The van der Waals surface area contributed by atoms with Crippen LogP contribution in [0.4, 0.5) is 0 Å². The lowest BCUT2D eigenvalue weighted by molar-refractivity contribution is -0.120. The Balaban J connectivity index is 2.31. The predicted molar refractivity (Wildman–Crippen MR) is 58.2 cm³/mol. The van der Waals surface area contributed by atoms with E-state index >= 15 is 0 Å². The predicted octanol–water partition coefficient (Wildman–Crippen LogP) is 0.321. The van der Waals surface area contributed by atoms with Crippen molar-refractivity contribution >= 4 is 31.7 Å². The van der Waals surface area contributed by atoms with Crippen LogP contribution in [0.25, 0.3) is 0 Å². The Morgan fingerprint density at radius 3 is 2.71 bits per heavy atom. The zero-order valence-electron chi connectivity index (χ0n) is 7.99. The normalized spacial score (nSPS) is 27.1. The van der Waals surface area contributed by atoms with E-state index in [1.807, 2.05) is 0 Å². The summed E-state index contributed by atoms with van der Waals surface area (Å²) in [5, 5.41) is 2.71. The van der Waals surface area contributed by atoms with Crippen molar-refractivity contribution in [3.05, 3.63) is 0 Å². The minimum atomic E-state index is -2.83. The number of carbonyl (C=O) groups is 1. The van der Waals surface area contributed by atoms with Gasteiger partial charge in [0.25, 0.3) is 0 Å². The zero-order valence-corrected chi connectivity index (χ0v) is 10.4. The van der Waals surface area contributed by atoms with E-state index in [-0.39, 0.29) is 28.2 Å². The summed E-state index contributed by atoms with van der Waals surface area (Å²) in [4.78, 5) is 10.9. The van der Waals surface area contributed by atoms with Crippen LogP contribution in [0.1, 0.15) is 13.3 Å². The van der Waals surface area contributed by atoms with Crippen LogP contribution in [0, 0.1) is 5.92 Å². The van der Waals surface area contributed by atoms with Crippen molar-refractivity contribution in [2.75, 3.05) is 18.1 Å². The maximum atomic E-state index is 11.2. The molecule has 1 aliphatic heterocycles. The molecule has 1 rings (SSSR count). The summed E-state index contributed by atoms with van der Waals surface area (Å²) in [6.07, 6.45) is 0.666. The van der Waals surface area contributed by atoms with Gasteiger partial charge >= 0.3 is 0 Å². The summed E-state index contributed by atoms with van der Waals surface area (Å²) in [6.45, 7) is 2.20. The maximum Gasteiger partial charge on any atom is 0.233 e. The lowest BCUT2D eigenvalue weighted by Gasteiger charge is -2.10. The van der Waals surface area contributed by atoms with Crippen LogP contribution in [-0.2, 0) is 14.6 Å². The summed E-state index contributed by atoms with van der Waals surface area (Å²) in [5.74, 6) is 0.478. The van der Waals surface area contributed by atoms with Crippen LogP contribution in [0.3, 0.4) is 0 Å². The highest BCUT2D eigenvalue weighted by molar-refractivity contribution is 9.10. The molecule has 1 heterocycles. The SMILES string of the molecule is CC(Br)C(=O)NCC1CCS(=O)(=O)C1. The molecule has 1 amide bonds. The maximum absolute atomic E-state index is 11.2. The molecule has 6 heteroatoms. The fraction of sp³-hybridized carbons (Fsp3) is 0.875. The molecule has 1 aliphatic rings. The summed E-state index contributed by atoms with van der Waals surface area (Å²) in [5.41, 5.74) is 0. The van der Waals surface area contributed by atoms with Crippen molar-refractivity contribution in [3.63, 3.8) is 0 Å². The lowest BCUT2D eigenvalue weighted by Crippen LogP contribution is -2.33. The molecule has 82 valence electrons. The van der Waals surface area contributed by atoms with Crippen molar-refractivity contribution in [2.45, 2.75) is 18.2 Å². The van der Waals surface area contributed by atoms with Gasteiger partial charge in [0.05, 0.1) is 16.3 Å². The van der Waals surface area contributed by atoms with Crippen LogP contribution < -0.4 is 5.32 Å². The Morgan fingerprint density at radius 1 is 1.64 bits per heavy atom. The number of alkyl halides is 1. The molecule has 0 spiro atoms. The first-order valence-corrected chi connectivity index (χ1v) is 7.26. The first-order chi connectivity index (χ1) is 6.41. The number of hydrogen-bond acceptors (Lipinski definition) is 3. The van der Waals surface area contributed by atoms with Crippen molar-refractivity contribution in [3.8, 4) is 0 Å². The molecule has 0 aromatic rings. The van der Waals surface area contributed by atoms with Crippen molar-refractivity contribution < 1.29 is 13.2 Å². The van der Waals surface area contributed by atoms with Gasteiger partial charge in [0.15, 0.2) is 9.84 Å². The summed E-state index contributed by atoms with van der Waals surface area (Å²) >= 11 is 3.14. The van der Waals surface area contributed by atoms with Gasteiger partial charge in [-0.25, -0.2) is 8.42 Å². The molecule has 2 atom stereocenters. The molecule has 0 aromatic carbocycles. The van der Waals surface area contributed by atoms with E-state index < -0.39 is 9.84 Å².